The lowest BCUT2D eigenvalue weighted by Gasteiger charge is -2.13. The monoisotopic (exact) mass is 538 g/mol. The van der Waals surface area contributed by atoms with Gasteiger partial charge < -0.3 is 47.4 Å². The molecule has 0 saturated heterocycles. The van der Waals surface area contributed by atoms with Crippen molar-refractivity contribution in [3.8, 4) is 36.2 Å². The second-order valence-electron chi connectivity index (χ2n) is 7.33. The first-order chi connectivity index (χ1) is 18.9. The van der Waals surface area contributed by atoms with Crippen LogP contribution in [0.15, 0.2) is 24.3 Å². The van der Waals surface area contributed by atoms with Gasteiger partial charge in [0.1, 0.15) is 26.4 Å². The number of ether oxygens (including phenoxy) is 10. The van der Waals surface area contributed by atoms with E-state index in [1.54, 1.807) is 0 Å². The third kappa shape index (κ3) is 21.7. The molecular formula is C28H42O10. The number of hydrogen-bond donors (Lipinski definition) is 0. The van der Waals surface area contributed by atoms with Crippen molar-refractivity contribution in [3.63, 3.8) is 0 Å². The summed E-state index contributed by atoms with van der Waals surface area (Å²) < 4.78 is 54.4. The molecular weight excluding hydrogens is 496 g/mol. The zero-order valence-electron chi connectivity index (χ0n) is 22.3. The summed E-state index contributed by atoms with van der Waals surface area (Å²) in [6.07, 6.45) is 10.2. The molecule has 0 saturated carbocycles. The van der Waals surface area contributed by atoms with Crippen molar-refractivity contribution in [1.82, 2.24) is 0 Å². The Hall–Kier alpha value is -2.38. The summed E-state index contributed by atoms with van der Waals surface area (Å²) >= 11 is 0. The standard InChI is InChI=1S/C28H42O10/c1-3-9-29-11-13-31-15-17-33-19-21-35-23-25-37-27-7-5-6-8-28(27)38-26-24-36-22-20-34-18-16-32-14-12-30-10-4-2/h1-2,5-8H,9-26H2. The van der Waals surface area contributed by atoms with E-state index in [4.69, 9.17) is 60.2 Å². The van der Waals surface area contributed by atoms with Crippen LogP contribution in [-0.2, 0) is 37.9 Å². The van der Waals surface area contributed by atoms with Crippen molar-refractivity contribution >= 4 is 0 Å². The molecule has 1 aromatic rings. The predicted molar refractivity (Wildman–Crippen MR) is 142 cm³/mol. The fourth-order valence-corrected chi connectivity index (χ4v) is 2.69. The molecule has 1 aromatic carbocycles. The van der Waals surface area contributed by atoms with Crippen LogP contribution in [0.1, 0.15) is 0 Å². The molecule has 0 N–H and O–H groups in total. The van der Waals surface area contributed by atoms with Crippen molar-refractivity contribution in [2.75, 3.05) is 119 Å². The third-order valence-electron chi connectivity index (χ3n) is 4.42. The van der Waals surface area contributed by atoms with Gasteiger partial charge >= 0.3 is 0 Å². The number of hydrogen-bond acceptors (Lipinski definition) is 10. The van der Waals surface area contributed by atoms with E-state index >= 15 is 0 Å². The minimum atomic E-state index is 0.301. The number of rotatable bonds is 28. The maximum absolute atomic E-state index is 5.78. The number of benzene rings is 1. The van der Waals surface area contributed by atoms with Gasteiger partial charge in [0.15, 0.2) is 11.5 Å². The second kappa shape index (κ2) is 27.6. The molecule has 0 fully saturated rings. The summed E-state index contributed by atoms with van der Waals surface area (Å²) in [6.45, 7) is 8.14. The normalized spacial score (nSPS) is 10.7. The molecule has 0 radical (unpaired) electrons. The van der Waals surface area contributed by atoms with Crippen LogP contribution in [0.4, 0.5) is 0 Å². The van der Waals surface area contributed by atoms with E-state index in [2.05, 4.69) is 11.8 Å². The van der Waals surface area contributed by atoms with Gasteiger partial charge in [-0.05, 0) is 12.1 Å². The zero-order chi connectivity index (χ0) is 27.2. The lowest BCUT2D eigenvalue weighted by Crippen LogP contribution is -2.14. The molecule has 0 heterocycles. The maximum Gasteiger partial charge on any atom is 0.161 e. The van der Waals surface area contributed by atoms with Crippen LogP contribution in [0.2, 0.25) is 0 Å². The Balaban J connectivity index is 1.93. The van der Waals surface area contributed by atoms with Crippen LogP contribution in [-0.4, -0.2) is 119 Å². The molecule has 0 amide bonds. The van der Waals surface area contributed by atoms with Crippen LogP contribution in [0, 0.1) is 24.7 Å². The zero-order valence-corrected chi connectivity index (χ0v) is 22.3. The molecule has 0 aliphatic heterocycles. The van der Waals surface area contributed by atoms with E-state index in [1.807, 2.05) is 24.3 Å². The summed E-state index contributed by atoms with van der Waals surface area (Å²) in [5.74, 6) is 6.11. The van der Waals surface area contributed by atoms with Gasteiger partial charge in [0.05, 0.1) is 92.5 Å². The van der Waals surface area contributed by atoms with Crippen LogP contribution >= 0.6 is 0 Å². The van der Waals surface area contributed by atoms with Crippen LogP contribution in [0.5, 0.6) is 11.5 Å². The average molecular weight is 539 g/mol. The van der Waals surface area contributed by atoms with Gasteiger partial charge in [-0.25, -0.2) is 0 Å². The SMILES string of the molecule is C#CCOCCOCCOCCOCCOc1ccccc1OCCOCCOCCOCCOCC#C. The topological polar surface area (TPSA) is 92.3 Å². The van der Waals surface area contributed by atoms with Crippen LogP contribution in [0.25, 0.3) is 0 Å². The molecule has 0 bridgehead atoms. The molecule has 0 aliphatic carbocycles. The smallest absolute Gasteiger partial charge is 0.161 e. The molecule has 10 nitrogen and oxygen atoms in total. The second-order valence-corrected chi connectivity index (χ2v) is 7.33. The fraction of sp³-hybridized carbons (Fsp3) is 0.643. The van der Waals surface area contributed by atoms with Crippen molar-refractivity contribution in [3.05, 3.63) is 24.3 Å². The highest BCUT2D eigenvalue weighted by atomic mass is 16.6. The van der Waals surface area contributed by atoms with E-state index < -0.39 is 0 Å². The van der Waals surface area contributed by atoms with Crippen molar-refractivity contribution in [1.29, 1.82) is 0 Å². The Labute approximate surface area is 227 Å². The van der Waals surface area contributed by atoms with Crippen molar-refractivity contribution < 1.29 is 47.4 Å². The first-order valence-electron chi connectivity index (χ1n) is 12.7. The largest absolute Gasteiger partial charge is 0.487 e. The van der Waals surface area contributed by atoms with Gasteiger partial charge in [0.2, 0.25) is 0 Å². The predicted octanol–water partition coefficient (Wildman–Crippen LogP) is 1.84. The van der Waals surface area contributed by atoms with Gasteiger partial charge in [-0.1, -0.05) is 24.0 Å². The lowest BCUT2D eigenvalue weighted by molar-refractivity contribution is -0.00282. The molecule has 0 aliphatic rings. The van der Waals surface area contributed by atoms with Gasteiger partial charge in [-0.3, -0.25) is 0 Å². The van der Waals surface area contributed by atoms with Crippen LogP contribution < -0.4 is 9.47 Å². The molecule has 0 aromatic heterocycles. The van der Waals surface area contributed by atoms with Gasteiger partial charge in [-0.15, -0.1) is 12.8 Å². The van der Waals surface area contributed by atoms with E-state index in [0.29, 0.717) is 130 Å². The summed E-state index contributed by atoms with van der Waals surface area (Å²) in [7, 11) is 0. The first-order valence-corrected chi connectivity index (χ1v) is 12.7. The van der Waals surface area contributed by atoms with Crippen molar-refractivity contribution in [2.45, 2.75) is 0 Å². The van der Waals surface area contributed by atoms with Gasteiger partial charge in [0, 0.05) is 0 Å². The quantitative estimate of drug-likeness (QED) is 0.116. The average Bonchev–Trinajstić information content (AvgIpc) is 2.94. The highest BCUT2D eigenvalue weighted by molar-refractivity contribution is 5.39. The van der Waals surface area contributed by atoms with Crippen molar-refractivity contribution in [2.24, 2.45) is 0 Å². The van der Waals surface area contributed by atoms with Crippen LogP contribution in [0.3, 0.4) is 0 Å². The molecule has 10 heteroatoms. The van der Waals surface area contributed by atoms with E-state index in [9.17, 15) is 0 Å². The summed E-state index contributed by atoms with van der Waals surface area (Å²) in [5.41, 5.74) is 0. The molecule has 0 unspecified atom stereocenters. The summed E-state index contributed by atoms with van der Waals surface area (Å²) in [5, 5.41) is 0. The number of para-hydroxylation sites is 2. The Morgan fingerprint density at radius 2 is 0.658 bits per heavy atom. The highest BCUT2D eigenvalue weighted by Gasteiger charge is 2.04. The Bertz CT molecular complexity index is 670. The summed E-state index contributed by atoms with van der Waals surface area (Å²) in [6, 6.07) is 7.49. The third-order valence-corrected chi connectivity index (χ3v) is 4.42. The van der Waals surface area contributed by atoms with E-state index in [0.717, 1.165) is 0 Å². The Kier molecular flexibility index (Phi) is 24.5. The Morgan fingerprint density at radius 3 is 0.947 bits per heavy atom. The number of terminal acetylenes is 2. The molecule has 38 heavy (non-hydrogen) atoms. The highest BCUT2D eigenvalue weighted by Crippen LogP contribution is 2.26. The minimum absolute atomic E-state index is 0.301. The van der Waals surface area contributed by atoms with E-state index in [1.165, 1.54) is 0 Å². The fourth-order valence-electron chi connectivity index (χ4n) is 2.69. The Morgan fingerprint density at radius 1 is 0.395 bits per heavy atom. The first kappa shape index (κ1) is 33.6. The maximum atomic E-state index is 5.78. The molecule has 0 spiro atoms. The molecule has 1 rings (SSSR count). The summed E-state index contributed by atoms with van der Waals surface area (Å²) in [4.78, 5) is 0. The lowest BCUT2D eigenvalue weighted by atomic mass is 10.3. The van der Waals surface area contributed by atoms with Gasteiger partial charge in [-0.2, -0.15) is 0 Å². The molecule has 214 valence electrons. The van der Waals surface area contributed by atoms with Gasteiger partial charge in [0.25, 0.3) is 0 Å². The molecule has 0 atom stereocenters. The van der Waals surface area contributed by atoms with E-state index in [-0.39, 0.29) is 0 Å². The minimum Gasteiger partial charge on any atom is -0.487 e.